The second-order valence-electron chi connectivity index (χ2n) is 4.88. The van der Waals surface area contributed by atoms with Crippen LogP contribution in [0.25, 0.3) is 0 Å². The van der Waals surface area contributed by atoms with Gasteiger partial charge in [0.15, 0.2) is 0 Å². The maximum absolute atomic E-state index is 11.9. The van der Waals surface area contributed by atoms with Crippen molar-refractivity contribution in [2.75, 3.05) is 33.4 Å². The van der Waals surface area contributed by atoms with Crippen molar-refractivity contribution in [2.45, 2.75) is 32.3 Å². The zero-order valence-corrected chi connectivity index (χ0v) is 11.7. The number of methoxy groups -OCH3 is 1. The molecule has 0 bridgehead atoms. The van der Waals surface area contributed by atoms with Crippen LogP contribution in [0, 0.1) is 5.92 Å². The Labute approximate surface area is 114 Å². The van der Waals surface area contributed by atoms with Crippen LogP contribution < -0.4 is 5.32 Å². The molecule has 0 aromatic heterocycles. The number of rotatable bonds is 8. The van der Waals surface area contributed by atoms with Crippen molar-refractivity contribution in [1.82, 2.24) is 10.2 Å². The zero-order valence-electron chi connectivity index (χ0n) is 11.7. The van der Waals surface area contributed by atoms with Crippen molar-refractivity contribution >= 4 is 11.8 Å². The summed E-state index contributed by atoms with van der Waals surface area (Å²) in [4.78, 5) is 25.2. The smallest absolute Gasteiger partial charge is 0.225 e. The number of aliphatic hydroxyl groups is 1. The monoisotopic (exact) mass is 272 g/mol. The predicted molar refractivity (Wildman–Crippen MR) is 70.5 cm³/mol. The Morgan fingerprint density at radius 1 is 1.63 bits per heavy atom. The van der Waals surface area contributed by atoms with Gasteiger partial charge in [-0.05, 0) is 12.8 Å². The van der Waals surface area contributed by atoms with Gasteiger partial charge >= 0.3 is 0 Å². The molecule has 2 N–H and O–H groups in total. The lowest BCUT2D eigenvalue weighted by Crippen LogP contribution is -2.35. The lowest BCUT2D eigenvalue weighted by Gasteiger charge is -2.16. The number of ether oxygens (including phenoxy) is 1. The Balaban J connectivity index is 2.28. The third-order valence-electron chi connectivity index (χ3n) is 3.40. The van der Waals surface area contributed by atoms with Crippen LogP contribution in [0.3, 0.4) is 0 Å². The van der Waals surface area contributed by atoms with Crippen molar-refractivity contribution in [3.63, 3.8) is 0 Å². The van der Waals surface area contributed by atoms with Crippen molar-refractivity contribution in [1.29, 1.82) is 0 Å². The molecule has 1 saturated heterocycles. The van der Waals surface area contributed by atoms with Crippen LogP contribution in [0.15, 0.2) is 0 Å². The molecule has 2 unspecified atom stereocenters. The first-order chi connectivity index (χ1) is 9.08. The number of likely N-dealkylation sites (tertiary alicyclic amines) is 1. The SMILES string of the molecule is CCC(O)CCNC(=O)C1CC(=O)N(CCOC)C1. The summed E-state index contributed by atoms with van der Waals surface area (Å²) in [5.74, 6) is -0.370. The zero-order chi connectivity index (χ0) is 14.3. The van der Waals surface area contributed by atoms with Gasteiger partial charge in [-0.3, -0.25) is 9.59 Å². The van der Waals surface area contributed by atoms with Gasteiger partial charge in [0.25, 0.3) is 0 Å². The molecule has 6 nitrogen and oxygen atoms in total. The first kappa shape index (κ1) is 15.9. The van der Waals surface area contributed by atoms with Crippen LogP contribution in [0.1, 0.15) is 26.2 Å². The van der Waals surface area contributed by atoms with Gasteiger partial charge in [-0.25, -0.2) is 0 Å². The molecule has 0 aromatic rings. The maximum Gasteiger partial charge on any atom is 0.225 e. The lowest BCUT2D eigenvalue weighted by atomic mass is 10.1. The molecule has 0 radical (unpaired) electrons. The fourth-order valence-electron chi connectivity index (χ4n) is 2.08. The average Bonchev–Trinajstić information content (AvgIpc) is 2.77. The van der Waals surface area contributed by atoms with Crippen LogP contribution in [0.5, 0.6) is 0 Å². The number of carbonyl (C=O) groups is 2. The molecule has 6 heteroatoms. The molecule has 1 heterocycles. The highest BCUT2D eigenvalue weighted by Crippen LogP contribution is 2.17. The summed E-state index contributed by atoms with van der Waals surface area (Å²) in [6, 6.07) is 0. The number of amides is 2. The number of nitrogens with zero attached hydrogens (tertiary/aromatic N) is 1. The normalized spacial score (nSPS) is 20.7. The molecule has 0 saturated carbocycles. The van der Waals surface area contributed by atoms with E-state index < -0.39 is 0 Å². The Kier molecular flexibility index (Phi) is 6.80. The summed E-state index contributed by atoms with van der Waals surface area (Å²) in [7, 11) is 1.59. The first-order valence-electron chi connectivity index (χ1n) is 6.81. The van der Waals surface area contributed by atoms with Crippen molar-refractivity contribution in [3.05, 3.63) is 0 Å². The van der Waals surface area contributed by atoms with Crippen LogP contribution in [0.4, 0.5) is 0 Å². The molecule has 1 fully saturated rings. The van der Waals surface area contributed by atoms with Gasteiger partial charge in [0.05, 0.1) is 18.6 Å². The predicted octanol–water partition coefficient (Wildman–Crippen LogP) is -0.241. The molecular weight excluding hydrogens is 248 g/mol. The number of hydrogen-bond donors (Lipinski definition) is 2. The Hall–Kier alpha value is -1.14. The molecule has 1 aliphatic rings. The minimum absolute atomic E-state index is 0.00536. The number of nitrogens with one attached hydrogen (secondary N) is 1. The van der Waals surface area contributed by atoms with Crippen molar-refractivity contribution in [2.24, 2.45) is 5.92 Å². The molecule has 0 spiro atoms. The van der Waals surface area contributed by atoms with E-state index in [1.165, 1.54) is 0 Å². The second kappa shape index (κ2) is 8.12. The topological polar surface area (TPSA) is 78.9 Å². The Morgan fingerprint density at radius 3 is 3.00 bits per heavy atom. The quantitative estimate of drug-likeness (QED) is 0.639. The summed E-state index contributed by atoms with van der Waals surface area (Å²) < 4.78 is 4.93. The summed E-state index contributed by atoms with van der Waals surface area (Å²) in [6.07, 6.45) is 1.13. The minimum Gasteiger partial charge on any atom is -0.393 e. The van der Waals surface area contributed by atoms with Gasteiger partial charge in [0.1, 0.15) is 0 Å². The van der Waals surface area contributed by atoms with E-state index in [1.54, 1.807) is 12.0 Å². The van der Waals surface area contributed by atoms with Crippen molar-refractivity contribution in [3.8, 4) is 0 Å². The lowest BCUT2D eigenvalue weighted by molar-refractivity contribution is -0.129. The molecular formula is C13H24N2O4. The van der Waals surface area contributed by atoms with E-state index in [4.69, 9.17) is 4.74 Å². The first-order valence-corrected chi connectivity index (χ1v) is 6.81. The molecule has 0 aliphatic carbocycles. The highest BCUT2D eigenvalue weighted by atomic mass is 16.5. The average molecular weight is 272 g/mol. The standard InChI is InChI=1S/C13H24N2O4/c1-3-11(16)4-5-14-13(18)10-8-12(17)15(9-10)6-7-19-2/h10-11,16H,3-9H2,1-2H3,(H,14,18). The minimum atomic E-state index is -0.372. The van der Waals surface area contributed by atoms with Gasteiger partial charge in [-0.15, -0.1) is 0 Å². The third kappa shape index (κ3) is 5.16. The fourth-order valence-corrected chi connectivity index (χ4v) is 2.08. The molecule has 110 valence electrons. The highest BCUT2D eigenvalue weighted by Gasteiger charge is 2.33. The summed E-state index contributed by atoms with van der Waals surface area (Å²) in [5.41, 5.74) is 0. The number of aliphatic hydroxyl groups excluding tert-OH is 1. The Bertz CT molecular complexity index is 309. The van der Waals surface area contributed by atoms with Crippen LogP contribution in [-0.2, 0) is 14.3 Å². The van der Waals surface area contributed by atoms with E-state index in [-0.39, 0.29) is 30.3 Å². The van der Waals surface area contributed by atoms with Gasteiger partial charge in [-0.2, -0.15) is 0 Å². The van der Waals surface area contributed by atoms with E-state index in [9.17, 15) is 14.7 Å². The molecule has 19 heavy (non-hydrogen) atoms. The van der Waals surface area contributed by atoms with Gasteiger partial charge in [-0.1, -0.05) is 6.92 Å². The van der Waals surface area contributed by atoms with Gasteiger partial charge in [0, 0.05) is 33.2 Å². The summed E-state index contributed by atoms with van der Waals surface area (Å²) in [6.45, 7) is 3.84. The number of hydrogen-bond acceptors (Lipinski definition) is 4. The van der Waals surface area contributed by atoms with E-state index in [1.807, 2.05) is 6.92 Å². The van der Waals surface area contributed by atoms with Crippen molar-refractivity contribution < 1.29 is 19.4 Å². The Morgan fingerprint density at radius 2 is 2.37 bits per heavy atom. The largest absolute Gasteiger partial charge is 0.393 e. The highest BCUT2D eigenvalue weighted by molar-refractivity contribution is 5.89. The molecule has 2 atom stereocenters. The maximum atomic E-state index is 11.9. The number of carbonyl (C=O) groups excluding carboxylic acids is 2. The van der Waals surface area contributed by atoms with E-state index >= 15 is 0 Å². The molecule has 0 aromatic carbocycles. The molecule has 1 aliphatic heterocycles. The van der Waals surface area contributed by atoms with Crippen LogP contribution >= 0.6 is 0 Å². The van der Waals surface area contributed by atoms with Gasteiger partial charge < -0.3 is 20.1 Å². The van der Waals surface area contributed by atoms with Gasteiger partial charge in [0.2, 0.25) is 11.8 Å². The van der Waals surface area contributed by atoms with Crippen LogP contribution in [0.2, 0.25) is 0 Å². The molecule has 2 amide bonds. The van der Waals surface area contributed by atoms with E-state index in [0.29, 0.717) is 39.1 Å². The summed E-state index contributed by atoms with van der Waals surface area (Å²) >= 11 is 0. The van der Waals surface area contributed by atoms with Crippen LogP contribution in [-0.4, -0.2) is 61.3 Å². The fraction of sp³-hybridized carbons (Fsp3) is 0.846. The molecule has 1 rings (SSSR count). The van der Waals surface area contributed by atoms with E-state index in [0.717, 1.165) is 0 Å². The third-order valence-corrected chi connectivity index (χ3v) is 3.40. The van der Waals surface area contributed by atoms with E-state index in [2.05, 4.69) is 5.32 Å². The summed E-state index contributed by atoms with van der Waals surface area (Å²) in [5, 5.41) is 12.2. The second-order valence-corrected chi connectivity index (χ2v) is 4.88.